The highest BCUT2D eigenvalue weighted by atomic mass is 79.9. The molecule has 6 heteroatoms. The van der Waals surface area contributed by atoms with Gasteiger partial charge in [-0.3, -0.25) is 4.68 Å². The second-order valence-electron chi connectivity index (χ2n) is 4.15. The fraction of sp³-hybridized carbons (Fsp3) is 0.231. The number of ether oxygens (including phenoxy) is 1. The third-order valence-corrected chi connectivity index (χ3v) is 4.02. The molecule has 0 bridgehead atoms. The van der Waals surface area contributed by atoms with Crippen LogP contribution < -0.4 is 10.5 Å². The van der Waals surface area contributed by atoms with Crippen LogP contribution in [0.15, 0.2) is 28.7 Å². The number of rotatable bonds is 4. The Morgan fingerprint density at radius 3 is 2.84 bits per heavy atom. The largest absolute Gasteiger partial charge is 0.487 e. The lowest BCUT2D eigenvalue weighted by Gasteiger charge is -2.08. The van der Waals surface area contributed by atoms with E-state index in [1.54, 1.807) is 4.68 Å². The van der Waals surface area contributed by atoms with E-state index in [9.17, 15) is 0 Å². The molecule has 1 heterocycles. The third kappa shape index (κ3) is 3.13. The van der Waals surface area contributed by atoms with E-state index in [1.165, 1.54) is 0 Å². The maximum atomic E-state index is 5.75. The predicted molar refractivity (Wildman–Crippen MR) is 82.3 cm³/mol. The summed E-state index contributed by atoms with van der Waals surface area (Å²) in [6.07, 6.45) is 0. The number of nitrogens with two attached hydrogens (primary N) is 1. The van der Waals surface area contributed by atoms with Gasteiger partial charge in [-0.05, 0) is 35.0 Å². The number of aromatic nitrogens is 2. The zero-order chi connectivity index (χ0) is 14.0. The van der Waals surface area contributed by atoms with Crippen LogP contribution in [0.2, 0.25) is 0 Å². The molecule has 1 aromatic heterocycles. The number of thiocarbonyl (C=S) groups is 1. The van der Waals surface area contributed by atoms with Crippen LogP contribution in [-0.4, -0.2) is 14.8 Å². The summed E-state index contributed by atoms with van der Waals surface area (Å²) >= 11 is 8.45. The van der Waals surface area contributed by atoms with Gasteiger partial charge in [-0.2, -0.15) is 5.10 Å². The van der Waals surface area contributed by atoms with Gasteiger partial charge in [-0.15, -0.1) is 0 Å². The Kier molecular flexibility index (Phi) is 4.21. The molecule has 0 amide bonds. The topological polar surface area (TPSA) is 53.1 Å². The molecule has 0 atom stereocenters. The number of hydrogen-bond donors (Lipinski definition) is 1. The molecule has 0 saturated carbocycles. The highest BCUT2D eigenvalue weighted by molar-refractivity contribution is 9.10. The SMILES string of the molecule is Cc1nn(C)c(COc2cccc(C(N)=S)c2)c1Br. The Balaban J connectivity index is 2.14. The summed E-state index contributed by atoms with van der Waals surface area (Å²) in [6, 6.07) is 7.44. The molecule has 0 aliphatic rings. The summed E-state index contributed by atoms with van der Waals surface area (Å²) in [6.45, 7) is 2.37. The van der Waals surface area contributed by atoms with Gasteiger partial charge in [0.25, 0.3) is 0 Å². The van der Waals surface area contributed by atoms with Gasteiger partial charge in [-0.1, -0.05) is 24.4 Å². The zero-order valence-corrected chi connectivity index (χ0v) is 13.1. The van der Waals surface area contributed by atoms with Crippen LogP contribution in [0.25, 0.3) is 0 Å². The molecular formula is C13H14BrN3OS. The van der Waals surface area contributed by atoms with Crippen molar-refractivity contribution in [2.45, 2.75) is 13.5 Å². The van der Waals surface area contributed by atoms with Crippen LogP contribution in [0.4, 0.5) is 0 Å². The highest BCUT2D eigenvalue weighted by Gasteiger charge is 2.11. The summed E-state index contributed by atoms with van der Waals surface area (Å²) in [5, 5.41) is 4.32. The number of aryl methyl sites for hydroxylation is 2. The Hall–Kier alpha value is -1.40. The fourth-order valence-electron chi connectivity index (χ4n) is 1.73. The molecular weight excluding hydrogens is 326 g/mol. The first kappa shape index (κ1) is 14.0. The van der Waals surface area contributed by atoms with Crippen LogP contribution in [0, 0.1) is 6.92 Å². The molecule has 2 aromatic rings. The maximum absolute atomic E-state index is 5.75. The van der Waals surface area contributed by atoms with E-state index in [4.69, 9.17) is 22.7 Å². The lowest BCUT2D eigenvalue weighted by molar-refractivity contribution is 0.294. The average Bonchev–Trinajstić information content (AvgIpc) is 2.61. The molecule has 0 fully saturated rings. The monoisotopic (exact) mass is 339 g/mol. The number of benzene rings is 1. The zero-order valence-electron chi connectivity index (χ0n) is 10.7. The van der Waals surface area contributed by atoms with E-state index in [-0.39, 0.29) is 0 Å². The van der Waals surface area contributed by atoms with Crippen molar-refractivity contribution in [1.82, 2.24) is 9.78 Å². The number of hydrogen-bond acceptors (Lipinski definition) is 3. The van der Waals surface area contributed by atoms with Gasteiger partial charge in [-0.25, -0.2) is 0 Å². The minimum Gasteiger partial charge on any atom is -0.487 e. The summed E-state index contributed by atoms with van der Waals surface area (Å²) in [5.74, 6) is 0.732. The van der Waals surface area contributed by atoms with Crippen molar-refractivity contribution in [3.8, 4) is 5.75 Å². The Bertz CT molecular complexity index is 624. The van der Waals surface area contributed by atoms with Crippen LogP contribution in [0.3, 0.4) is 0 Å². The van der Waals surface area contributed by atoms with Crippen molar-refractivity contribution in [1.29, 1.82) is 0 Å². The summed E-state index contributed by atoms with van der Waals surface area (Å²) < 4.78 is 8.53. The third-order valence-electron chi connectivity index (χ3n) is 2.76. The van der Waals surface area contributed by atoms with Crippen molar-refractivity contribution in [2.75, 3.05) is 0 Å². The summed E-state index contributed by atoms with van der Waals surface area (Å²) in [7, 11) is 1.89. The van der Waals surface area contributed by atoms with E-state index in [1.807, 2.05) is 38.2 Å². The molecule has 0 aliphatic heterocycles. The lowest BCUT2D eigenvalue weighted by atomic mass is 10.2. The normalized spacial score (nSPS) is 10.5. The van der Waals surface area contributed by atoms with Crippen LogP contribution in [-0.2, 0) is 13.7 Å². The van der Waals surface area contributed by atoms with Gasteiger partial charge in [0.15, 0.2) is 0 Å². The maximum Gasteiger partial charge on any atom is 0.131 e. The number of halogens is 1. The summed E-state index contributed by atoms with van der Waals surface area (Å²) in [5.41, 5.74) is 8.32. The lowest BCUT2D eigenvalue weighted by Crippen LogP contribution is -2.09. The first-order valence-electron chi connectivity index (χ1n) is 5.69. The van der Waals surface area contributed by atoms with Gasteiger partial charge in [0.05, 0.1) is 15.9 Å². The predicted octanol–water partition coefficient (Wildman–Crippen LogP) is 2.70. The van der Waals surface area contributed by atoms with E-state index in [2.05, 4.69) is 21.0 Å². The smallest absolute Gasteiger partial charge is 0.131 e. The highest BCUT2D eigenvalue weighted by Crippen LogP contribution is 2.22. The molecule has 100 valence electrons. The van der Waals surface area contributed by atoms with Crippen molar-refractivity contribution in [3.05, 3.63) is 45.7 Å². The second kappa shape index (κ2) is 5.71. The molecule has 0 saturated heterocycles. The second-order valence-corrected chi connectivity index (χ2v) is 5.38. The standard InChI is InChI=1S/C13H14BrN3OS/c1-8-12(14)11(17(2)16-8)7-18-10-5-3-4-9(6-10)13(15)19/h3-6H,7H2,1-2H3,(H2,15,19). The van der Waals surface area contributed by atoms with E-state index < -0.39 is 0 Å². The molecule has 19 heavy (non-hydrogen) atoms. The van der Waals surface area contributed by atoms with E-state index >= 15 is 0 Å². The molecule has 2 rings (SSSR count). The average molecular weight is 340 g/mol. The van der Waals surface area contributed by atoms with Crippen molar-refractivity contribution < 1.29 is 4.74 Å². The molecule has 0 unspecified atom stereocenters. The Morgan fingerprint density at radius 1 is 1.53 bits per heavy atom. The van der Waals surface area contributed by atoms with Crippen LogP contribution >= 0.6 is 28.1 Å². The molecule has 0 spiro atoms. The Morgan fingerprint density at radius 2 is 2.26 bits per heavy atom. The van der Waals surface area contributed by atoms with Crippen LogP contribution in [0.5, 0.6) is 5.75 Å². The van der Waals surface area contributed by atoms with Crippen LogP contribution in [0.1, 0.15) is 17.0 Å². The quantitative estimate of drug-likeness (QED) is 0.870. The molecule has 4 nitrogen and oxygen atoms in total. The first-order valence-corrected chi connectivity index (χ1v) is 6.90. The van der Waals surface area contributed by atoms with Gasteiger partial charge in [0, 0.05) is 12.6 Å². The van der Waals surface area contributed by atoms with E-state index in [0.29, 0.717) is 11.6 Å². The van der Waals surface area contributed by atoms with Crippen molar-refractivity contribution in [3.63, 3.8) is 0 Å². The molecule has 0 aliphatic carbocycles. The molecule has 0 radical (unpaired) electrons. The Labute approximate surface area is 125 Å². The summed E-state index contributed by atoms with van der Waals surface area (Å²) in [4.78, 5) is 0.364. The fourth-order valence-corrected chi connectivity index (χ4v) is 2.31. The minimum absolute atomic E-state index is 0.364. The number of nitrogens with zero attached hydrogens (tertiary/aromatic N) is 2. The van der Waals surface area contributed by atoms with Crippen molar-refractivity contribution in [2.24, 2.45) is 12.8 Å². The van der Waals surface area contributed by atoms with Gasteiger partial charge < -0.3 is 10.5 Å². The molecule has 2 N–H and O–H groups in total. The molecule has 1 aromatic carbocycles. The van der Waals surface area contributed by atoms with Gasteiger partial charge in [0.1, 0.15) is 17.3 Å². The van der Waals surface area contributed by atoms with Gasteiger partial charge >= 0.3 is 0 Å². The minimum atomic E-state index is 0.364. The first-order chi connectivity index (χ1) is 8.99. The van der Waals surface area contributed by atoms with E-state index in [0.717, 1.165) is 27.2 Å². The van der Waals surface area contributed by atoms with Crippen molar-refractivity contribution >= 4 is 33.1 Å². The van der Waals surface area contributed by atoms with Gasteiger partial charge in [0.2, 0.25) is 0 Å².